The SMILES string of the molecule is OCCC1CCCCN1CC1CCNCC1N1CCN(CCO)CC1. The van der Waals surface area contributed by atoms with Crippen LogP contribution >= 0.6 is 0 Å². The molecule has 3 atom stereocenters. The Kier molecular flexibility index (Phi) is 7.95. The number of hydrogen-bond acceptors (Lipinski definition) is 6. The van der Waals surface area contributed by atoms with E-state index in [4.69, 9.17) is 5.11 Å². The van der Waals surface area contributed by atoms with Crippen molar-refractivity contribution >= 4 is 0 Å². The largest absolute Gasteiger partial charge is 0.396 e. The number of piperidine rings is 2. The lowest BCUT2D eigenvalue weighted by molar-refractivity contribution is 0.0240. The molecule has 3 saturated heterocycles. The van der Waals surface area contributed by atoms with Gasteiger partial charge in [-0.1, -0.05) is 6.42 Å². The Morgan fingerprint density at radius 2 is 1.76 bits per heavy atom. The lowest BCUT2D eigenvalue weighted by Gasteiger charge is -2.47. The molecule has 3 heterocycles. The van der Waals surface area contributed by atoms with E-state index < -0.39 is 0 Å². The average molecular weight is 355 g/mol. The summed E-state index contributed by atoms with van der Waals surface area (Å²) in [4.78, 5) is 7.75. The molecule has 0 saturated carbocycles. The Hall–Kier alpha value is -0.240. The maximum atomic E-state index is 9.40. The minimum atomic E-state index is 0.273. The smallest absolute Gasteiger partial charge is 0.0558 e. The summed E-state index contributed by atoms with van der Waals surface area (Å²) in [5.41, 5.74) is 0. The fourth-order valence-electron chi connectivity index (χ4n) is 5.07. The van der Waals surface area contributed by atoms with E-state index in [2.05, 4.69) is 20.0 Å². The summed E-state index contributed by atoms with van der Waals surface area (Å²) >= 11 is 0. The van der Waals surface area contributed by atoms with E-state index in [1.54, 1.807) is 0 Å². The van der Waals surface area contributed by atoms with Crippen molar-refractivity contribution in [3.05, 3.63) is 0 Å². The van der Waals surface area contributed by atoms with E-state index in [9.17, 15) is 5.11 Å². The highest BCUT2D eigenvalue weighted by Gasteiger charge is 2.34. The topological polar surface area (TPSA) is 62.2 Å². The van der Waals surface area contributed by atoms with Gasteiger partial charge < -0.3 is 15.5 Å². The van der Waals surface area contributed by atoms with E-state index >= 15 is 0 Å². The highest BCUT2D eigenvalue weighted by Crippen LogP contribution is 2.26. The third-order valence-electron chi connectivity index (χ3n) is 6.56. The van der Waals surface area contributed by atoms with E-state index in [1.807, 2.05) is 0 Å². The molecule has 3 aliphatic heterocycles. The molecule has 3 fully saturated rings. The Bertz CT molecular complexity index is 374. The number of hydrogen-bond donors (Lipinski definition) is 3. The van der Waals surface area contributed by atoms with Crippen LogP contribution in [0, 0.1) is 5.92 Å². The van der Waals surface area contributed by atoms with Crippen molar-refractivity contribution < 1.29 is 10.2 Å². The van der Waals surface area contributed by atoms with E-state index in [0.717, 1.165) is 58.2 Å². The summed E-state index contributed by atoms with van der Waals surface area (Å²) in [6.07, 6.45) is 6.11. The van der Waals surface area contributed by atoms with Crippen LogP contribution < -0.4 is 5.32 Å². The van der Waals surface area contributed by atoms with Crippen LogP contribution in [0.1, 0.15) is 32.1 Å². The molecule has 0 aliphatic carbocycles. The van der Waals surface area contributed by atoms with Gasteiger partial charge in [-0.25, -0.2) is 0 Å². The highest BCUT2D eigenvalue weighted by atomic mass is 16.3. The van der Waals surface area contributed by atoms with Gasteiger partial charge in [0.1, 0.15) is 0 Å². The summed E-state index contributed by atoms with van der Waals surface area (Å²) in [6.45, 7) is 10.5. The van der Waals surface area contributed by atoms with Crippen LogP contribution in [0.3, 0.4) is 0 Å². The lowest BCUT2D eigenvalue weighted by Crippen LogP contribution is -2.59. The van der Waals surface area contributed by atoms with Crippen LogP contribution in [-0.2, 0) is 0 Å². The Morgan fingerprint density at radius 1 is 0.920 bits per heavy atom. The zero-order chi connectivity index (χ0) is 17.5. The van der Waals surface area contributed by atoms with Crippen molar-refractivity contribution in [3.8, 4) is 0 Å². The number of nitrogens with one attached hydrogen (secondary N) is 1. The van der Waals surface area contributed by atoms with Gasteiger partial charge in [0.25, 0.3) is 0 Å². The Balaban J connectivity index is 1.55. The van der Waals surface area contributed by atoms with Crippen LogP contribution in [0.15, 0.2) is 0 Å². The molecule has 0 radical (unpaired) electrons. The maximum Gasteiger partial charge on any atom is 0.0558 e. The number of aliphatic hydroxyl groups excluding tert-OH is 2. The first-order valence-electron chi connectivity index (χ1n) is 10.4. The summed E-state index contributed by atoms with van der Waals surface area (Å²) in [5.74, 6) is 0.741. The van der Waals surface area contributed by atoms with Crippen LogP contribution in [0.4, 0.5) is 0 Å². The van der Waals surface area contributed by atoms with Gasteiger partial charge in [-0.15, -0.1) is 0 Å². The molecule has 3 aliphatic rings. The number of rotatable bonds is 7. The molecule has 6 nitrogen and oxygen atoms in total. The quantitative estimate of drug-likeness (QED) is 0.589. The van der Waals surface area contributed by atoms with Crippen molar-refractivity contribution in [3.63, 3.8) is 0 Å². The molecule has 25 heavy (non-hydrogen) atoms. The zero-order valence-corrected chi connectivity index (χ0v) is 15.8. The molecule has 0 bridgehead atoms. The minimum absolute atomic E-state index is 0.273. The van der Waals surface area contributed by atoms with Gasteiger partial charge in [0.2, 0.25) is 0 Å². The maximum absolute atomic E-state index is 9.40. The van der Waals surface area contributed by atoms with Gasteiger partial charge >= 0.3 is 0 Å². The van der Waals surface area contributed by atoms with Gasteiger partial charge in [0.05, 0.1) is 6.61 Å². The third kappa shape index (κ3) is 5.37. The normalized spacial score (nSPS) is 33.6. The van der Waals surface area contributed by atoms with Crippen molar-refractivity contribution in [2.45, 2.75) is 44.2 Å². The van der Waals surface area contributed by atoms with Crippen molar-refractivity contribution in [1.29, 1.82) is 0 Å². The molecule has 0 aromatic heterocycles. The van der Waals surface area contributed by atoms with Gasteiger partial charge in [-0.05, 0) is 44.7 Å². The van der Waals surface area contributed by atoms with Crippen LogP contribution in [-0.4, -0.2) is 109 Å². The standard InChI is InChI=1S/C19H38N4O2/c24-13-5-18-3-1-2-7-23(18)16-17-4-6-20-15-19(17)22-10-8-21(9-11-22)12-14-25/h17-20,24-25H,1-16H2. The molecule has 146 valence electrons. The van der Waals surface area contributed by atoms with Crippen LogP contribution in [0.25, 0.3) is 0 Å². The molecule has 0 spiro atoms. The lowest BCUT2D eigenvalue weighted by atomic mass is 9.88. The molecule has 3 unspecified atom stereocenters. The molecular weight excluding hydrogens is 316 g/mol. The first-order valence-corrected chi connectivity index (χ1v) is 10.4. The molecule has 3 N–H and O–H groups in total. The number of piperazine rings is 1. The second-order valence-corrected chi connectivity index (χ2v) is 8.08. The Morgan fingerprint density at radius 3 is 2.52 bits per heavy atom. The molecule has 3 rings (SSSR count). The van der Waals surface area contributed by atoms with Gasteiger partial charge in [0, 0.05) is 64.5 Å². The monoisotopic (exact) mass is 354 g/mol. The summed E-state index contributed by atoms with van der Waals surface area (Å²) < 4.78 is 0. The first-order chi connectivity index (χ1) is 12.3. The van der Waals surface area contributed by atoms with Crippen molar-refractivity contribution in [1.82, 2.24) is 20.0 Å². The molecule has 0 amide bonds. The number of aliphatic hydroxyl groups is 2. The average Bonchev–Trinajstić information content (AvgIpc) is 2.65. The third-order valence-corrected chi connectivity index (χ3v) is 6.56. The van der Waals surface area contributed by atoms with Gasteiger partial charge in [-0.2, -0.15) is 0 Å². The van der Waals surface area contributed by atoms with Gasteiger partial charge in [-0.3, -0.25) is 14.7 Å². The Labute approximate surface area is 153 Å². The van der Waals surface area contributed by atoms with Crippen LogP contribution in [0.2, 0.25) is 0 Å². The van der Waals surface area contributed by atoms with E-state index in [-0.39, 0.29) is 6.61 Å². The number of likely N-dealkylation sites (tertiary alicyclic amines) is 1. The first kappa shape index (κ1) is 19.5. The second-order valence-electron chi connectivity index (χ2n) is 8.08. The predicted molar refractivity (Wildman–Crippen MR) is 101 cm³/mol. The van der Waals surface area contributed by atoms with Crippen molar-refractivity contribution in [2.75, 3.05) is 72.1 Å². The number of β-amino-alcohol motifs (C(OH)–C–C–N with tert-alkyl or cyclic N) is 1. The summed E-state index contributed by atoms with van der Waals surface area (Å²) in [5, 5.41) is 22.2. The minimum Gasteiger partial charge on any atom is -0.396 e. The fraction of sp³-hybridized carbons (Fsp3) is 1.00. The van der Waals surface area contributed by atoms with E-state index in [1.165, 1.54) is 38.8 Å². The fourth-order valence-corrected chi connectivity index (χ4v) is 5.07. The highest BCUT2D eigenvalue weighted by molar-refractivity contribution is 4.91. The number of nitrogens with zero attached hydrogens (tertiary/aromatic N) is 3. The van der Waals surface area contributed by atoms with Crippen LogP contribution in [0.5, 0.6) is 0 Å². The molecule has 6 heteroatoms. The molecule has 0 aromatic rings. The van der Waals surface area contributed by atoms with E-state index in [0.29, 0.717) is 18.7 Å². The van der Waals surface area contributed by atoms with Gasteiger partial charge in [0.15, 0.2) is 0 Å². The summed E-state index contributed by atoms with van der Waals surface area (Å²) in [7, 11) is 0. The molecule has 0 aromatic carbocycles. The summed E-state index contributed by atoms with van der Waals surface area (Å²) in [6, 6.07) is 1.23. The second kappa shape index (κ2) is 10.2. The van der Waals surface area contributed by atoms with Crippen molar-refractivity contribution in [2.24, 2.45) is 5.92 Å². The zero-order valence-electron chi connectivity index (χ0n) is 15.8. The predicted octanol–water partition coefficient (Wildman–Crippen LogP) is -0.189. The molecular formula is C19H38N4O2.